The van der Waals surface area contributed by atoms with Crippen LogP contribution >= 0.6 is 47.8 Å². The Labute approximate surface area is 539 Å². The standard InChI is InChI=1S/2C17H17BrN4O.C9H6BrNO2.2C8H13N3.C5H5N3/c2*1-10-7-17(10,12-8-19-22(2)9-12)21-16(23)15-6-11-5-13(18)3-4-14(11)20-15;10-6-1-2-7-5(3-6)4-8(11-7)9(12)13;2*1-6-3-8(6,9)7-4-10-11(2)5-7;1-6-5-3-7-8(2)4-5/h2*3-6,8-10,20H,7H2,1-2H3,(H,21,23);1-4,11H,(H,12,13);2*4-6H,3,9H2,1-2H3;3-4H,2H3/t2*10-,17-;;6-,8+;6-,8-;/m10.10./s1. The smallest absolute Gasteiger partial charge is 0.352 e. The Kier molecular flexibility index (Phi) is 18.0. The topological polar surface area (TPSA) is 288 Å². The van der Waals surface area contributed by atoms with Crippen LogP contribution in [0.15, 0.2) is 148 Å². The number of aryl methyl sites for hydroxylation is 5. The maximum absolute atomic E-state index is 12.7. The Bertz CT molecular complexity index is 4230. The van der Waals surface area contributed by atoms with E-state index in [2.05, 4.69) is 131 Å². The number of carboxylic acids is 1. The van der Waals surface area contributed by atoms with Gasteiger partial charge in [-0.3, -0.25) is 33.0 Å². The highest BCUT2D eigenvalue weighted by molar-refractivity contribution is 9.11. The van der Waals surface area contributed by atoms with E-state index in [1.165, 1.54) is 17.3 Å². The number of amides is 2. The number of aromatic nitrogens is 13. The van der Waals surface area contributed by atoms with Gasteiger partial charge in [-0.2, -0.15) is 25.5 Å². The Morgan fingerprint density at radius 3 is 1.07 bits per heavy atom. The van der Waals surface area contributed by atoms with Crippen molar-refractivity contribution in [3.05, 3.63) is 199 Å². The first-order valence-corrected chi connectivity index (χ1v) is 31.2. The summed E-state index contributed by atoms with van der Waals surface area (Å²) in [6, 6.07) is 22.8. The van der Waals surface area contributed by atoms with E-state index in [4.69, 9.17) is 23.1 Å². The monoisotopic (exact) mass is 1390 g/mol. The second kappa shape index (κ2) is 25.2. The van der Waals surface area contributed by atoms with Gasteiger partial charge in [-0.15, -0.1) is 0 Å². The third kappa shape index (κ3) is 14.2. The molecule has 89 heavy (non-hydrogen) atoms. The molecule has 0 unspecified atom stereocenters. The third-order valence-corrected chi connectivity index (χ3v) is 18.7. The number of carbonyl (C=O) groups excluding carboxylic acids is 2. The third-order valence-electron chi connectivity index (χ3n) is 17.2. The maximum atomic E-state index is 12.7. The number of aromatic carboxylic acids is 1. The Hall–Kier alpha value is -8.41. The van der Waals surface area contributed by atoms with Gasteiger partial charge in [0.2, 0.25) is 5.69 Å². The van der Waals surface area contributed by atoms with E-state index in [9.17, 15) is 14.4 Å². The van der Waals surface area contributed by atoms with E-state index in [1.807, 2.05) is 144 Å². The molecule has 0 aliphatic heterocycles. The average Bonchev–Trinajstić information content (AvgIpc) is 1.66. The number of halogens is 3. The van der Waals surface area contributed by atoms with Crippen molar-refractivity contribution in [1.82, 2.24) is 74.5 Å². The Morgan fingerprint density at radius 1 is 0.506 bits per heavy atom. The second-order valence-electron chi connectivity index (χ2n) is 24.0. The van der Waals surface area contributed by atoms with Crippen molar-refractivity contribution in [1.29, 1.82) is 0 Å². The minimum atomic E-state index is -0.938. The molecule has 4 aliphatic carbocycles. The van der Waals surface area contributed by atoms with Gasteiger partial charge in [0.1, 0.15) is 17.1 Å². The van der Waals surface area contributed by atoms with Crippen LogP contribution in [-0.4, -0.2) is 86.7 Å². The Morgan fingerprint density at radius 2 is 0.809 bits per heavy atom. The van der Waals surface area contributed by atoms with Crippen molar-refractivity contribution >= 4 is 104 Å². The zero-order valence-electron chi connectivity index (χ0n) is 50.7. The van der Waals surface area contributed by atoms with Crippen LogP contribution in [0, 0.1) is 30.2 Å². The quantitative estimate of drug-likeness (QED) is 0.0629. The summed E-state index contributed by atoms with van der Waals surface area (Å²) >= 11 is 10.2. The van der Waals surface area contributed by atoms with Crippen molar-refractivity contribution in [2.75, 3.05) is 0 Å². The molecule has 0 radical (unpaired) electrons. The van der Waals surface area contributed by atoms with Gasteiger partial charge in [0.15, 0.2) is 0 Å². The summed E-state index contributed by atoms with van der Waals surface area (Å²) in [7, 11) is 9.40. The van der Waals surface area contributed by atoms with Crippen LogP contribution in [0.4, 0.5) is 5.69 Å². The number of nitrogens with one attached hydrogen (secondary N) is 5. The summed E-state index contributed by atoms with van der Waals surface area (Å²) in [6.45, 7) is 15.2. The molecule has 4 fully saturated rings. The lowest BCUT2D eigenvalue weighted by atomic mass is 10.1. The summed E-state index contributed by atoms with van der Waals surface area (Å²) in [5.74, 6) is 0.963. The molecular formula is C64H71Br3N18O4. The van der Waals surface area contributed by atoms with Crippen molar-refractivity contribution in [2.24, 2.45) is 70.4 Å². The first-order valence-electron chi connectivity index (χ1n) is 28.8. The van der Waals surface area contributed by atoms with E-state index < -0.39 is 5.97 Å². The number of nitrogens with zero attached hydrogens (tertiary/aromatic N) is 11. The van der Waals surface area contributed by atoms with Crippen LogP contribution in [0.25, 0.3) is 37.6 Å². The van der Waals surface area contributed by atoms with E-state index in [1.54, 1.807) is 42.7 Å². The molecule has 11 aromatic rings. The van der Waals surface area contributed by atoms with Crippen LogP contribution in [-0.2, 0) is 57.4 Å². The van der Waals surface area contributed by atoms with Crippen molar-refractivity contribution in [2.45, 2.75) is 75.5 Å². The molecule has 8 atom stereocenters. The highest BCUT2D eigenvalue weighted by Gasteiger charge is 2.56. The summed E-state index contributed by atoms with van der Waals surface area (Å²) in [5, 5.41) is 38.5. The molecule has 0 spiro atoms. The molecule has 4 aliphatic rings. The molecule has 22 nitrogen and oxygen atoms in total. The van der Waals surface area contributed by atoms with Crippen molar-refractivity contribution < 1.29 is 19.5 Å². The minimum Gasteiger partial charge on any atom is -0.477 e. The van der Waals surface area contributed by atoms with Crippen LogP contribution < -0.4 is 22.1 Å². The lowest BCUT2D eigenvalue weighted by Crippen LogP contribution is -2.36. The normalized spacial score (nSPS) is 23.1. The van der Waals surface area contributed by atoms with Gasteiger partial charge in [0, 0.05) is 146 Å². The molecule has 8 heterocycles. The molecule has 0 saturated heterocycles. The highest BCUT2D eigenvalue weighted by Crippen LogP contribution is 2.53. The van der Waals surface area contributed by atoms with Gasteiger partial charge in [-0.1, -0.05) is 75.5 Å². The summed E-state index contributed by atoms with van der Waals surface area (Å²) in [5.41, 5.74) is 20.6. The molecule has 4 saturated carbocycles. The van der Waals surface area contributed by atoms with E-state index in [0.717, 1.165) is 82.9 Å². The predicted molar refractivity (Wildman–Crippen MR) is 352 cm³/mol. The fourth-order valence-electron chi connectivity index (χ4n) is 11.1. The van der Waals surface area contributed by atoms with Crippen LogP contribution in [0.5, 0.6) is 0 Å². The van der Waals surface area contributed by atoms with Crippen LogP contribution in [0.1, 0.15) is 107 Å². The van der Waals surface area contributed by atoms with Gasteiger partial charge in [-0.25, -0.2) is 9.64 Å². The molecule has 2 amide bonds. The van der Waals surface area contributed by atoms with E-state index >= 15 is 0 Å². The summed E-state index contributed by atoms with van der Waals surface area (Å²) in [4.78, 5) is 48.4. The molecule has 15 rings (SSSR count). The number of carbonyl (C=O) groups is 3. The lowest BCUT2D eigenvalue weighted by Gasteiger charge is -2.16. The minimum absolute atomic E-state index is 0.0612. The van der Waals surface area contributed by atoms with E-state index in [0.29, 0.717) is 40.7 Å². The zero-order chi connectivity index (χ0) is 63.9. The lowest BCUT2D eigenvalue weighted by molar-refractivity contribution is 0.0690. The molecular weight excluding hydrogens is 1320 g/mol. The van der Waals surface area contributed by atoms with Gasteiger partial charge in [-0.05, 0) is 122 Å². The summed E-state index contributed by atoms with van der Waals surface area (Å²) in [6.07, 6.45) is 22.7. The van der Waals surface area contributed by atoms with Crippen LogP contribution in [0.2, 0.25) is 0 Å². The fraction of sp³-hybridized carbons (Fsp3) is 0.328. The average molecular weight is 1400 g/mol. The number of aromatic amines is 3. The number of H-pyrrole nitrogens is 3. The number of fused-ring (bicyclic) bond motifs is 3. The highest BCUT2D eigenvalue weighted by atomic mass is 79.9. The SMILES string of the molecule is C[C@@H]1C[C@@]1(N)c1cnn(C)c1.C[C@@H]1C[C@]1(NC(=O)c1cc2cc(Br)ccc2[nH]1)c1cnn(C)c1.C[C@H]1C[C@@]1(N)c1cnn(C)c1.C[C@H]1C[C@@]1(NC(=O)c1cc2cc(Br)ccc2[nH]1)c1cnn(C)c1.O=C(O)c1cc2cc(Br)ccc2[nH]1.[C-]#[N+]c1cnn(C)c1. The molecule has 0 bridgehead atoms. The first kappa shape index (κ1) is 63.6. The predicted octanol–water partition coefficient (Wildman–Crippen LogP) is 11.5. The fourth-order valence-corrected chi connectivity index (χ4v) is 12.3. The number of carboxylic acid groups (broad SMARTS) is 1. The second-order valence-corrected chi connectivity index (χ2v) is 26.7. The number of hydrogen-bond acceptors (Lipinski definition) is 10. The van der Waals surface area contributed by atoms with Gasteiger partial charge in [0.25, 0.3) is 11.8 Å². The van der Waals surface area contributed by atoms with Gasteiger partial charge in [0.05, 0.1) is 48.6 Å². The number of benzene rings is 3. The molecule has 462 valence electrons. The molecule has 8 aromatic heterocycles. The van der Waals surface area contributed by atoms with Gasteiger partial charge < -0.3 is 42.2 Å². The largest absolute Gasteiger partial charge is 0.477 e. The Balaban J connectivity index is 0.000000123. The molecule has 10 N–H and O–H groups in total. The number of nitrogens with two attached hydrogens (primary N) is 2. The maximum Gasteiger partial charge on any atom is 0.352 e. The van der Waals surface area contributed by atoms with Crippen molar-refractivity contribution in [3.8, 4) is 0 Å². The number of hydrogen-bond donors (Lipinski definition) is 8. The van der Waals surface area contributed by atoms with Gasteiger partial charge >= 0.3 is 5.97 Å². The molecule has 3 aromatic carbocycles. The first-order chi connectivity index (χ1) is 42.2. The zero-order valence-corrected chi connectivity index (χ0v) is 55.5. The molecule has 25 heteroatoms. The summed E-state index contributed by atoms with van der Waals surface area (Å²) < 4.78 is 11.7. The number of rotatable bonds is 9. The van der Waals surface area contributed by atoms with Crippen molar-refractivity contribution in [3.63, 3.8) is 0 Å². The van der Waals surface area contributed by atoms with E-state index in [-0.39, 0.29) is 39.7 Å². The van der Waals surface area contributed by atoms with Crippen LogP contribution in [0.3, 0.4) is 0 Å².